The smallest absolute Gasteiger partial charge is 0.326 e. The number of hydrogen-bond donors (Lipinski definition) is 1. The Kier molecular flexibility index (Phi) is 3.83. The van der Waals surface area contributed by atoms with E-state index in [1.165, 1.54) is 21.7 Å². The van der Waals surface area contributed by atoms with Crippen molar-refractivity contribution < 1.29 is 19.6 Å². The number of aryl methyl sites for hydroxylation is 1. The number of carbonyl (C=O) groups is 2. The van der Waals surface area contributed by atoms with Crippen LogP contribution in [0.3, 0.4) is 0 Å². The van der Waals surface area contributed by atoms with Gasteiger partial charge in [-0.05, 0) is 25.2 Å². The summed E-state index contributed by atoms with van der Waals surface area (Å²) < 4.78 is 1.40. The quantitative estimate of drug-likeness (QED) is 0.675. The van der Waals surface area contributed by atoms with Crippen molar-refractivity contribution in [3.63, 3.8) is 0 Å². The number of fused-ring (bicyclic) bond motifs is 1. The summed E-state index contributed by atoms with van der Waals surface area (Å²) in [7, 11) is 1.56. The van der Waals surface area contributed by atoms with Gasteiger partial charge in [0.25, 0.3) is 11.6 Å². The fourth-order valence-electron chi connectivity index (χ4n) is 3.96. The molecule has 124 valence electrons. The molecule has 1 aliphatic heterocycles. The van der Waals surface area contributed by atoms with Crippen LogP contribution in [0.5, 0.6) is 0 Å². The van der Waals surface area contributed by atoms with Crippen molar-refractivity contribution in [2.45, 2.75) is 44.2 Å². The first kappa shape index (κ1) is 15.5. The van der Waals surface area contributed by atoms with Gasteiger partial charge in [-0.3, -0.25) is 14.9 Å². The zero-order valence-electron chi connectivity index (χ0n) is 12.8. The fraction of sp³-hybridized carbons (Fsp3) is 0.600. The van der Waals surface area contributed by atoms with Gasteiger partial charge >= 0.3 is 5.97 Å². The summed E-state index contributed by atoms with van der Waals surface area (Å²) in [5, 5.41) is 20.4. The molecule has 23 heavy (non-hydrogen) atoms. The molecule has 0 spiro atoms. The lowest BCUT2D eigenvalue weighted by molar-refractivity contribution is -0.384. The minimum Gasteiger partial charge on any atom is -0.480 e. The number of aromatic nitrogens is 1. The van der Waals surface area contributed by atoms with Gasteiger partial charge in [-0.1, -0.05) is 12.8 Å². The van der Waals surface area contributed by atoms with Gasteiger partial charge in [0.2, 0.25) is 0 Å². The van der Waals surface area contributed by atoms with Crippen molar-refractivity contribution in [3.8, 4) is 0 Å². The molecular weight excluding hydrogens is 302 g/mol. The summed E-state index contributed by atoms with van der Waals surface area (Å²) in [5.41, 5.74) is -0.00344. The van der Waals surface area contributed by atoms with Crippen LogP contribution in [0.4, 0.5) is 5.69 Å². The van der Waals surface area contributed by atoms with Crippen molar-refractivity contribution in [3.05, 3.63) is 28.1 Å². The summed E-state index contributed by atoms with van der Waals surface area (Å²) in [6, 6.07) is 0.299. The van der Waals surface area contributed by atoms with Crippen LogP contribution in [-0.2, 0) is 11.8 Å². The van der Waals surface area contributed by atoms with Crippen LogP contribution in [0, 0.1) is 16.0 Å². The molecule has 1 aliphatic carbocycles. The minimum atomic E-state index is -1.00. The number of carboxylic acids is 1. The molecule has 3 rings (SSSR count). The predicted molar refractivity (Wildman–Crippen MR) is 80.0 cm³/mol. The van der Waals surface area contributed by atoms with Crippen molar-refractivity contribution >= 4 is 17.6 Å². The van der Waals surface area contributed by atoms with Gasteiger partial charge in [0.1, 0.15) is 11.7 Å². The molecule has 1 saturated carbocycles. The lowest BCUT2D eigenvalue weighted by atomic mass is 9.84. The van der Waals surface area contributed by atoms with Crippen LogP contribution in [0.1, 0.15) is 42.6 Å². The number of likely N-dealkylation sites (tertiary alicyclic amines) is 1. The maximum atomic E-state index is 12.9. The topological polar surface area (TPSA) is 106 Å². The molecule has 8 nitrogen and oxygen atoms in total. The molecule has 0 aromatic carbocycles. The molecular formula is C15H19N3O5. The van der Waals surface area contributed by atoms with Crippen molar-refractivity contribution in [2.75, 3.05) is 0 Å². The lowest BCUT2D eigenvalue weighted by Gasteiger charge is -2.33. The molecule has 1 amide bonds. The van der Waals surface area contributed by atoms with Crippen LogP contribution < -0.4 is 0 Å². The van der Waals surface area contributed by atoms with Crippen LogP contribution in [0.15, 0.2) is 12.3 Å². The number of nitro groups is 1. The molecule has 0 bridgehead atoms. The molecule has 1 N–H and O–H groups in total. The van der Waals surface area contributed by atoms with Gasteiger partial charge in [-0.2, -0.15) is 0 Å². The van der Waals surface area contributed by atoms with E-state index in [9.17, 15) is 24.8 Å². The molecule has 3 unspecified atom stereocenters. The van der Waals surface area contributed by atoms with Crippen molar-refractivity contribution in [1.29, 1.82) is 0 Å². The second kappa shape index (κ2) is 5.68. The van der Waals surface area contributed by atoms with Crippen molar-refractivity contribution in [2.24, 2.45) is 13.0 Å². The normalized spacial score (nSPS) is 26.8. The van der Waals surface area contributed by atoms with Gasteiger partial charge in [-0.15, -0.1) is 0 Å². The molecule has 2 fully saturated rings. The Bertz CT molecular complexity index is 668. The Morgan fingerprint density at radius 3 is 2.65 bits per heavy atom. The summed E-state index contributed by atoms with van der Waals surface area (Å²) in [5.74, 6) is -1.22. The molecule has 2 aliphatic rings. The Balaban J connectivity index is 1.95. The molecule has 8 heteroatoms. The Morgan fingerprint density at radius 1 is 1.35 bits per heavy atom. The second-order valence-corrected chi connectivity index (χ2v) is 6.37. The third-order valence-corrected chi connectivity index (χ3v) is 5.03. The molecule has 1 aromatic rings. The van der Waals surface area contributed by atoms with E-state index in [1.807, 2.05) is 0 Å². The molecule has 1 aromatic heterocycles. The van der Waals surface area contributed by atoms with Gasteiger partial charge < -0.3 is 14.6 Å². The maximum Gasteiger partial charge on any atom is 0.326 e. The number of rotatable bonds is 3. The van der Waals surface area contributed by atoms with E-state index >= 15 is 0 Å². The standard InChI is InChI=1S/C15H19N3O5/c1-16-8-10(18(22)23)7-12(16)14(19)17-11-5-3-2-4-9(11)6-13(17)15(20)21/h7-9,11,13H,2-6H2,1H3,(H,20,21). The van der Waals surface area contributed by atoms with E-state index in [2.05, 4.69) is 0 Å². The number of hydrogen-bond acceptors (Lipinski definition) is 4. The summed E-state index contributed by atoms with van der Waals surface area (Å²) >= 11 is 0. The van der Waals surface area contributed by atoms with E-state index < -0.39 is 22.8 Å². The van der Waals surface area contributed by atoms with E-state index in [1.54, 1.807) is 7.05 Å². The highest BCUT2D eigenvalue weighted by Gasteiger charge is 2.48. The van der Waals surface area contributed by atoms with Gasteiger partial charge in [0.15, 0.2) is 0 Å². The highest BCUT2D eigenvalue weighted by Crippen LogP contribution is 2.40. The highest BCUT2D eigenvalue weighted by molar-refractivity contribution is 5.96. The number of amides is 1. The highest BCUT2D eigenvalue weighted by atomic mass is 16.6. The summed E-state index contributed by atoms with van der Waals surface area (Å²) in [6.07, 6.45) is 5.52. The van der Waals surface area contributed by atoms with E-state index in [0.717, 1.165) is 25.7 Å². The summed E-state index contributed by atoms with van der Waals surface area (Å²) in [4.78, 5) is 36.3. The van der Waals surface area contributed by atoms with Gasteiger partial charge in [-0.25, -0.2) is 4.79 Å². The van der Waals surface area contributed by atoms with Crippen LogP contribution in [0.2, 0.25) is 0 Å². The average molecular weight is 321 g/mol. The molecule has 3 atom stereocenters. The Morgan fingerprint density at radius 2 is 2.04 bits per heavy atom. The molecule has 0 radical (unpaired) electrons. The largest absolute Gasteiger partial charge is 0.480 e. The SMILES string of the molecule is Cn1cc([N+](=O)[O-])cc1C(=O)N1C(C(=O)O)CC2CCCCC21. The number of aliphatic carboxylic acids is 1. The fourth-order valence-corrected chi connectivity index (χ4v) is 3.96. The monoisotopic (exact) mass is 321 g/mol. The predicted octanol–water partition coefficient (Wildman–Crippen LogP) is 1.79. The van der Waals surface area contributed by atoms with Crippen LogP contribution in [0.25, 0.3) is 0 Å². The first-order valence-corrected chi connectivity index (χ1v) is 7.76. The lowest BCUT2D eigenvalue weighted by Crippen LogP contribution is -2.46. The van der Waals surface area contributed by atoms with Gasteiger partial charge in [0, 0.05) is 19.2 Å². The maximum absolute atomic E-state index is 12.9. The zero-order valence-corrected chi connectivity index (χ0v) is 12.8. The van der Waals surface area contributed by atoms with Crippen molar-refractivity contribution in [1.82, 2.24) is 9.47 Å². The van der Waals surface area contributed by atoms with E-state index in [-0.39, 0.29) is 23.3 Å². The average Bonchev–Trinajstić information content (AvgIpc) is 3.07. The number of carboxylic acid groups (broad SMARTS) is 1. The van der Waals surface area contributed by atoms with E-state index in [4.69, 9.17) is 0 Å². The third kappa shape index (κ3) is 2.58. The first-order chi connectivity index (χ1) is 10.9. The molecule has 2 heterocycles. The first-order valence-electron chi connectivity index (χ1n) is 7.76. The number of carbonyl (C=O) groups excluding carboxylic acids is 1. The second-order valence-electron chi connectivity index (χ2n) is 6.37. The minimum absolute atomic E-state index is 0.0775. The van der Waals surface area contributed by atoms with Crippen LogP contribution >= 0.6 is 0 Å². The third-order valence-electron chi connectivity index (χ3n) is 5.03. The van der Waals surface area contributed by atoms with Gasteiger partial charge in [0.05, 0.1) is 11.1 Å². The Hall–Kier alpha value is -2.38. The zero-order chi connectivity index (χ0) is 16.7. The molecule has 1 saturated heterocycles. The van der Waals surface area contributed by atoms with Crippen LogP contribution in [-0.4, -0.2) is 43.5 Å². The summed E-state index contributed by atoms with van der Waals surface area (Å²) in [6.45, 7) is 0. The number of nitrogens with zero attached hydrogens (tertiary/aromatic N) is 3. The Labute approximate surface area is 132 Å². The van der Waals surface area contributed by atoms with E-state index in [0.29, 0.717) is 6.42 Å².